The monoisotopic (exact) mass is 356 g/mol. The Balaban J connectivity index is 2.37. The predicted molar refractivity (Wildman–Crippen MR) is 81.3 cm³/mol. The SMILES string of the molecule is CCOC(=O)C1C(CC)C(=O)N1S(=O)(=O)c1ccc([N+](=O)[O-])cc1. The van der Waals surface area contributed by atoms with E-state index >= 15 is 0 Å². The maximum atomic E-state index is 12.6. The normalized spacial score (nSPS) is 20.4. The Morgan fingerprint density at radius 2 is 1.88 bits per heavy atom. The number of carbonyl (C=O) groups is 2. The molecular formula is C14H16N2O7S. The molecule has 0 N–H and O–H groups in total. The number of esters is 1. The minimum absolute atomic E-state index is 0.0609. The van der Waals surface area contributed by atoms with Crippen molar-refractivity contribution in [2.45, 2.75) is 31.2 Å². The van der Waals surface area contributed by atoms with Gasteiger partial charge in [-0.05, 0) is 25.5 Å². The second-order valence-electron chi connectivity index (χ2n) is 5.10. The number of nitro benzene ring substituents is 1. The summed E-state index contributed by atoms with van der Waals surface area (Å²) in [5.41, 5.74) is -0.280. The van der Waals surface area contributed by atoms with Gasteiger partial charge in [0.15, 0.2) is 6.04 Å². The average Bonchev–Trinajstić information content (AvgIpc) is 2.52. The predicted octanol–water partition coefficient (Wildman–Crippen LogP) is 1.08. The summed E-state index contributed by atoms with van der Waals surface area (Å²) in [6.07, 6.45) is 0.300. The van der Waals surface area contributed by atoms with Crippen LogP contribution in [0.15, 0.2) is 29.2 Å². The average molecular weight is 356 g/mol. The van der Waals surface area contributed by atoms with Crippen LogP contribution in [0.2, 0.25) is 0 Å². The number of carbonyl (C=O) groups excluding carboxylic acids is 2. The van der Waals surface area contributed by atoms with Gasteiger partial charge in [-0.3, -0.25) is 14.9 Å². The van der Waals surface area contributed by atoms with Crippen molar-refractivity contribution in [3.05, 3.63) is 34.4 Å². The second-order valence-corrected chi connectivity index (χ2v) is 6.92. The molecule has 24 heavy (non-hydrogen) atoms. The summed E-state index contributed by atoms with van der Waals surface area (Å²) in [7, 11) is -4.29. The zero-order valence-electron chi connectivity index (χ0n) is 13.0. The molecule has 1 saturated heterocycles. The van der Waals surface area contributed by atoms with E-state index < -0.39 is 38.8 Å². The lowest BCUT2D eigenvalue weighted by Gasteiger charge is -2.43. The number of nitro groups is 1. The van der Waals surface area contributed by atoms with Gasteiger partial charge < -0.3 is 4.74 Å². The first-order valence-corrected chi connectivity index (χ1v) is 8.69. The Morgan fingerprint density at radius 3 is 2.33 bits per heavy atom. The highest BCUT2D eigenvalue weighted by Gasteiger charge is 2.57. The lowest BCUT2D eigenvalue weighted by atomic mass is 9.88. The zero-order valence-corrected chi connectivity index (χ0v) is 13.9. The molecule has 0 radical (unpaired) electrons. The van der Waals surface area contributed by atoms with E-state index in [1.54, 1.807) is 13.8 Å². The third-order valence-electron chi connectivity index (χ3n) is 3.74. The molecule has 2 rings (SSSR count). The second kappa shape index (κ2) is 6.56. The van der Waals surface area contributed by atoms with Gasteiger partial charge in [-0.15, -0.1) is 0 Å². The summed E-state index contributed by atoms with van der Waals surface area (Å²) in [6, 6.07) is 2.90. The van der Waals surface area contributed by atoms with Gasteiger partial charge in [0.25, 0.3) is 15.7 Å². The van der Waals surface area contributed by atoms with Crippen LogP contribution in [-0.4, -0.2) is 42.2 Å². The van der Waals surface area contributed by atoms with E-state index in [-0.39, 0.29) is 17.2 Å². The van der Waals surface area contributed by atoms with Gasteiger partial charge in [0.05, 0.1) is 22.3 Å². The Hall–Kier alpha value is -2.49. The molecule has 2 atom stereocenters. The first kappa shape index (κ1) is 17.9. The third kappa shape index (κ3) is 2.84. The Bertz CT molecular complexity index is 773. The molecule has 1 amide bonds. The Morgan fingerprint density at radius 1 is 1.29 bits per heavy atom. The number of rotatable bonds is 6. The van der Waals surface area contributed by atoms with Gasteiger partial charge in [-0.25, -0.2) is 17.5 Å². The van der Waals surface area contributed by atoms with E-state index in [0.29, 0.717) is 10.7 Å². The van der Waals surface area contributed by atoms with Crippen LogP contribution in [-0.2, 0) is 24.3 Å². The topological polar surface area (TPSA) is 124 Å². The number of nitrogens with zero attached hydrogens (tertiary/aromatic N) is 2. The molecule has 1 aliphatic heterocycles. The summed E-state index contributed by atoms with van der Waals surface area (Å²) >= 11 is 0. The number of hydrogen-bond donors (Lipinski definition) is 0. The summed E-state index contributed by atoms with van der Waals surface area (Å²) in [5.74, 6) is -2.22. The molecule has 1 fully saturated rings. The number of non-ortho nitro benzene ring substituents is 1. The summed E-state index contributed by atoms with van der Waals surface area (Å²) in [6.45, 7) is 3.31. The number of sulfonamides is 1. The van der Waals surface area contributed by atoms with Crippen LogP contribution in [0.4, 0.5) is 5.69 Å². The maximum absolute atomic E-state index is 12.6. The molecule has 1 heterocycles. The van der Waals surface area contributed by atoms with Crippen molar-refractivity contribution >= 4 is 27.6 Å². The van der Waals surface area contributed by atoms with Gasteiger partial charge >= 0.3 is 5.97 Å². The minimum atomic E-state index is -4.29. The van der Waals surface area contributed by atoms with Crippen LogP contribution in [0.25, 0.3) is 0 Å². The van der Waals surface area contributed by atoms with Crippen molar-refractivity contribution < 1.29 is 27.7 Å². The molecule has 2 unspecified atom stereocenters. The van der Waals surface area contributed by atoms with E-state index in [1.165, 1.54) is 0 Å². The van der Waals surface area contributed by atoms with Crippen molar-refractivity contribution in [1.82, 2.24) is 4.31 Å². The molecule has 0 saturated carbocycles. The molecule has 130 valence electrons. The lowest BCUT2D eigenvalue weighted by Crippen LogP contribution is -2.66. The molecule has 10 heteroatoms. The van der Waals surface area contributed by atoms with Crippen LogP contribution in [0, 0.1) is 16.0 Å². The van der Waals surface area contributed by atoms with E-state index in [1.807, 2.05) is 0 Å². The first-order valence-electron chi connectivity index (χ1n) is 7.25. The summed E-state index contributed by atoms with van der Waals surface area (Å²) in [4.78, 5) is 33.8. The Kier molecular flexibility index (Phi) is 4.88. The van der Waals surface area contributed by atoms with E-state index in [2.05, 4.69) is 0 Å². The highest BCUT2D eigenvalue weighted by atomic mass is 32.2. The van der Waals surface area contributed by atoms with Crippen molar-refractivity contribution in [2.75, 3.05) is 6.61 Å². The molecule has 0 aliphatic carbocycles. The van der Waals surface area contributed by atoms with Crippen LogP contribution in [0.3, 0.4) is 0 Å². The van der Waals surface area contributed by atoms with Gasteiger partial charge in [-0.2, -0.15) is 0 Å². The highest BCUT2D eigenvalue weighted by Crippen LogP contribution is 2.36. The minimum Gasteiger partial charge on any atom is -0.464 e. The summed E-state index contributed by atoms with van der Waals surface area (Å²) < 4.78 is 30.6. The van der Waals surface area contributed by atoms with Gasteiger partial charge in [-0.1, -0.05) is 6.92 Å². The molecule has 0 bridgehead atoms. The van der Waals surface area contributed by atoms with E-state index in [4.69, 9.17) is 4.74 Å². The fraction of sp³-hybridized carbons (Fsp3) is 0.429. The van der Waals surface area contributed by atoms with E-state index in [9.17, 15) is 28.1 Å². The zero-order chi connectivity index (χ0) is 18.1. The molecule has 0 aromatic heterocycles. The van der Waals surface area contributed by atoms with Gasteiger partial charge in [0, 0.05) is 12.1 Å². The van der Waals surface area contributed by atoms with Crippen molar-refractivity contribution in [2.24, 2.45) is 5.92 Å². The maximum Gasteiger partial charge on any atom is 0.330 e. The van der Waals surface area contributed by atoms with Gasteiger partial charge in [0.1, 0.15) is 0 Å². The number of benzene rings is 1. The van der Waals surface area contributed by atoms with Crippen LogP contribution in [0.1, 0.15) is 20.3 Å². The molecule has 0 spiro atoms. The van der Waals surface area contributed by atoms with Crippen molar-refractivity contribution in [3.8, 4) is 0 Å². The first-order chi connectivity index (χ1) is 11.3. The standard InChI is InChI=1S/C14H16N2O7S/c1-3-11-12(14(18)23-4-2)15(13(11)17)24(21,22)10-7-5-9(6-8-10)16(19)20/h5-8,11-12H,3-4H2,1-2H3. The van der Waals surface area contributed by atoms with Gasteiger partial charge in [0.2, 0.25) is 5.91 Å². The fourth-order valence-corrected chi connectivity index (χ4v) is 4.14. The lowest BCUT2D eigenvalue weighted by molar-refractivity contribution is -0.384. The number of β-lactam (4-membered cyclic amide) rings is 1. The summed E-state index contributed by atoms with van der Waals surface area (Å²) in [5, 5.41) is 10.6. The van der Waals surface area contributed by atoms with Crippen molar-refractivity contribution in [3.63, 3.8) is 0 Å². The van der Waals surface area contributed by atoms with Crippen LogP contribution in [0.5, 0.6) is 0 Å². The molecule has 1 aliphatic rings. The third-order valence-corrected chi connectivity index (χ3v) is 5.53. The molecule has 1 aromatic carbocycles. The smallest absolute Gasteiger partial charge is 0.330 e. The number of amides is 1. The molecule has 1 aromatic rings. The molecule has 9 nitrogen and oxygen atoms in total. The van der Waals surface area contributed by atoms with Crippen LogP contribution >= 0.6 is 0 Å². The van der Waals surface area contributed by atoms with E-state index in [0.717, 1.165) is 24.3 Å². The quantitative estimate of drug-likeness (QED) is 0.323. The van der Waals surface area contributed by atoms with Crippen LogP contribution < -0.4 is 0 Å². The molecular weight excluding hydrogens is 340 g/mol. The fourth-order valence-electron chi connectivity index (χ4n) is 2.52. The number of hydrogen-bond acceptors (Lipinski definition) is 7. The largest absolute Gasteiger partial charge is 0.464 e. The highest BCUT2D eigenvalue weighted by molar-refractivity contribution is 7.89. The Labute approximate surface area is 138 Å². The number of ether oxygens (including phenoxy) is 1. The van der Waals surface area contributed by atoms with Crippen molar-refractivity contribution in [1.29, 1.82) is 0 Å².